The normalized spacial score (nSPS) is 10.7. The van der Waals surface area contributed by atoms with Crippen LogP contribution in [0.1, 0.15) is 33.4 Å². The molecule has 0 unspecified atom stereocenters. The van der Waals surface area contributed by atoms with Crippen LogP contribution in [0.4, 0.5) is 30.2 Å². The Morgan fingerprint density at radius 2 is 0.780 bits per heavy atom. The van der Waals surface area contributed by atoms with Crippen molar-refractivity contribution in [3.05, 3.63) is 161 Å². The van der Waals surface area contributed by atoms with Gasteiger partial charge in [-0.2, -0.15) is 34.2 Å². The lowest BCUT2D eigenvalue weighted by Crippen LogP contribution is -2.10. The summed E-state index contributed by atoms with van der Waals surface area (Å²) < 4.78 is 40.7. The predicted octanol–water partition coefficient (Wildman–Crippen LogP) is 11.0. The van der Waals surface area contributed by atoms with Crippen molar-refractivity contribution in [3.8, 4) is 57.7 Å². The van der Waals surface area contributed by atoms with E-state index in [0.717, 1.165) is 51.4 Å². The van der Waals surface area contributed by atoms with Gasteiger partial charge in [0.2, 0.25) is 0 Å². The zero-order chi connectivity index (χ0) is 35.4. The minimum Gasteiger partial charge on any atom is -0.311 e. The van der Waals surface area contributed by atoms with E-state index < -0.39 is 11.7 Å². The minimum absolute atomic E-state index is 0.288. The van der Waals surface area contributed by atoms with Gasteiger partial charge in [0.25, 0.3) is 0 Å². The largest absolute Gasteiger partial charge is 0.416 e. The first-order valence-electron chi connectivity index (χ1n) is 15.3. The van der Waals surface area contributed by atoms with Crippen molar-refractivity contribution in [3.63, 3.8) is 0 Å². The van der Waals surface area contributed by atoms with Gasteiger partial charge in [0.05, 0.1) is 27.8 Å². The third kappa shape index (κ3) is 6.65. The van der Waals surface area contributed by atoms with Gasteiger partial charge in [-0.1, -0.05) is 54.6 Å². The van der Waals surface area contributed by atoms with E-state index in [9.17, 15) is 34.2 Å². The molecule has 0 radical (unpaired) electrons. The van der Waals surface area contributed by atoms with Crippen LogP contribution in [0.5, 0.6) is 0 Å². The maximum Gasteiger partial charge on any atom is 0.416 e. The highest BCUT2D eigenvalue weighted by Crippen LogP contribution is 2.39. The Labute approximate surface area is 287 Å². The summed E-state index contributed by atoms with van der Waals surface area (Å²) >= 11 is 0. The third-order valence-corrected chi connectivity index (χ3v) is 8.30. The van der Waals surface area contributed by atoms with Gasteiger partial charge in [-0.05, 0) is 119 Å². The van der Waals surface area contributed by atoms with Gasteiger partial charge in [0, 0.05) is 17.1 Å². The van der Waals surface area contributed by atoms with Gasteiger partial charge in [0.15, 0.2) is 0 Å². The first-order chi connectivity index (χ1) is 24.1. The van der Waals surface area contributed by atoms with Crippen molar-refractivity contribution < 1.29 is 13.2 Å². The Morgan fingerprint density at radius 1 is 0.420 bits per heavy atom. The second-order valence-corrected chi connectivity index (χ2v) is 11.5. The molecular weight excluding hydrogens is 631 g/mol. The molecule has 0 N–H and O–H groups in total. The summed E-state index contributed by atoms with van der Waals surface area (Å²) in [5.74, 6) is 0. The molecule has 0 saturated heterocycles. The van der Waals surface area contributed by atoms with Crippen molar-refractivity contribution in [2.75, 3.05) is 4.90 Å². The molecule has 0 aliphatic rings. The quantitative estimate of drug-likeness (QED) is 0.178. The zero-order valence-electron chi connectivity index (χ0n) is 26.5. The number of rotatable bonds is 6. The summed E-state index contributed by atoms with van der Waals surface area (Å²) in [7, 11) is 0. The second-order valence-electron chi connectivity index (χ2n) is 11.5. The van der Waals surface area contributed by atoms with Gasteiger partial charge >= 0.3 is 6.18 Å². The van der Waals surface area contributed by atoms with Crippen molar-refractivity contribution in [2.45, 2.75) is 13.1 Å². The summed E-state index contributed by atoms with van der Waals surface area (Å²) in [4.78, 5) is 2.01. The smallest absolute Gasteiger partial charge is 0.311 e. The van der Waals surface area contributed by atoms with E-state index in [1.807, 2.05) is 77.7 Å². The molecule has 0 aliphatic heterocycles. The topological polar surface area (TPSA) is 98.4 Å². The molecule has 0 amide bonds. The molecule has 0 bridgehead atoms. The average Bonchev–Trinajstić information content (AvgIpc) is 3.14. The SMILES string of the molecule is Cc1cc(-c2ccc(N(c3ccc(-c4ccc(C#N)c(C#N)c4)cc3)c3ccc(-c4ccc(C#N)c(C#N)c4)cc3)cc2)cc(C(F)(F)F)c1. The molecular formula is C42H24F3N5. The number of hydrogen-bond acceptors (Lipinski definition) is 5. The highest BCUT2D eigenvalue weighted by atomic mass is 19.4. The molecule has 50 heavy (non-hydrogen) atoms. The lowest BCUT2D eigenvalue weighted by Gasteiger charge is -2.26. The van der Waals surface area contributed by atoms with Crippen LogP contribution in [0.15, 0.2) is 127 Å². The number of hydrogen-bond donors (Lipinski definition) is 0. The van der Waals surface area contributed by atoms with Crippen LogP contribution in [0.2, 0.25) is 0 Å². The number of anilines is 3. The van der Waals surface area contributed by atoms with E-state index in [0.29, 0.717) is 27.8 Å². The van der Waals surface area contributed by atoms with Crippen molar-refractivity contribution >= 4 is 17.1 Å². The molecule has 6 rings (SSSR count). The van der Waals surface area contributed by atoms with Crippen LogP contribution in [0, 0.1) is 52.2 Å². The van der Waals surface area contributed by atoms with Crippen LogP contribution >= 0.6 is 0 Å². The summed E-state index contributed by atoms with van der Waals surface area (Å²) in [5.41, 5.74) is 7.67. The van der Waals surface area contributed by atoms with E-state index in [4.69, 9.17) is 0 Å². The molecule has 0 saturated carbocycles. The van der Waals surface area contributed by atoms with Crippen molar-refractivity contribution in [1.82, 2.24) is 0 Å². The number of nitrogens with zero attached hydrogens (tertiary/aromatic N) is 5. The highest BCUT2D eigenvalue weighted by molar-refractivity contribution is 5.81. The van der Waals surface area contributed by atoms with E-state index >= 15 is 0 Å². The van der Waals surface area contributed by atoms with E-state index in [1.165, 1.54) is 0 Å². The Kier molecular flexibility index (Phi) is 8.88. The lowest BCUT2D eigenvalue weighted by molar-refractivity contribution is -0.137. The molecule has 0 fully saturated rings. The summed E-state index contributed by atoms with van der Waals surface area (Å²) in [5, 5.41) is 37.6. The molecule has 6 aromatic rings. The maximum atomic E-state index is 13.6. The summed E-state index contributed by atoms with van der Waals surface area (Å²) in [6, 6.07) is 45.1. The molecule has 238 valence electrons. The second kappa shape index (κ2) is 13.5. The zero-order valence-corrected chi connectivity index (χ0v) is 26.5. The van der Waals surface area contributed by atoms with Gasteiger partial charge in [0.1, 0.15) is 24.3 Å². The number of nitriles is 4. The third-order valence-electron chi connectivity index (χ3n) is 8.30. The monoisotopic (exact) mass is 655 g/mol. The molecule has 0 aliphatic carbocycles. The predicted molar refractivity (Wildman–Crippen MR) is 186 cm³/mol. The number of benzene rings is 6. The molecule has 0 atom stereocenters. The number of alkyl halides is 3. The lowest BCUT2D eigenvalue weighted by atomic mass is 9.98. The average molecular weight is 656 g/mol. The Bertz CT molecular complexity index is 2280. The maximum absolute atomic E-state index is 13.6. The standard InChI is InChI=1S/C42H24F3N5/c1-27-18-35(22-38(19-27)42(43,44)45)30-10-16-41(17-11-30)50(39-12-6-28(7-13-39)31-2-4-33(23-46)36(20-31)25-48)40-14-8-29(9-15-40)32-3-5-34(24-47)37(21-32)26-49/h2-22H,1H3. The molecule has 8 heteroatoms. The first-order valence-corrected chi connectivity index (χ1v) is 15.3. The van der Waals surface area contributed by atoms with Crippen LogP contribution in [-0.4, -0.2) is 0 Å². The van der Waals surface area contributed by atoms with E-state index in [-0.39, 0.29) is 11.1 Å². The Hall–Kier alpha value is -7.13. The fourth-order valence-electron chi connectivity index (χ4n) is 5.80. The summed E-state index contributed by atoms with van der Waals surface area (Å²) in [6.07, 6.45) is -4.46. The Balaban J connectivity index is 1.40. The highest BCUT2D eigenvalue weighted by Gasteiger charge is 2.31. The molecule has 0 spiro atoms. The summed E-state index contributed by atoms with van der Waals surface area (Å²) in [6.45, 7) is 1.64. The fraction of sp³-hybridized carbons (Fsp3) is 0.0476. The Morgan fingerprint density at radius 3 is 1.14 bits per heavy atom. The molecule has 5 nitrogen and oxygen atoms in total. The fourth-order valence-corrected chi connectivity index (χ4v) is 5.80. The van der Waals surface area contributed by atoms with Crippen molar-refractivity contribution in [1.29, 1.82) is 21.0 Å². The van der Waals surface area contributed by atoms with Gasteiger partial charge < -0.3 is 4.90 Å². The van der Waals surface area contributed by atoms with Gasteiger partial charge in [-0.25, -0.2) is 0 Å². The van der Waals surface area contributed by atoms with E-state index in [2.05, 4.69) is 12.1 Å². The van der Waals surface area contributed by atoms with Crippen LogP contribution in [0.3, 0.4) is 0 Å². The van der Waals surface area contributed by atoms with E-state index in [1.54, 1.807) is 61.5 Å². The minimum atomic E-state index is -4.46. The molecule has 0 heterocycles. The molecule has 0 aromatic heterocycles. The first kappa shape index (κ1) is 32.8. The van der Waals surface area contributed by atoms with Crippen molar-refractivity contribution in [2.24, 2.45) is 0 Å². The van der Waals surface area contributed by atoms with Crippen LogP contribution < -0.4 is 4.90 Å². The number of aryl methyl sites for hydroxylation is 1. The number of halogens is 3. The van der Waals surface area contributed by atoms with Gasteiger partial charge in [-0.3, -0.25) is 0 Å². The van der Waals surface area contributed by atoms with Gasteiger partial charge in [-0.15, -0.1) is 0 Å². The molecule has 6 aromatic carbocycles. The van der Waals surface area contributed by atoms with Crippen LogP contribution in [0.25, 0.3) is 33.4 Å². The van der Waals surface area contributed by atoms with Crippen LogP contribution in [-0.2, 0) is 6.18 Å².